The van der Waals surface area contributed by atoms with Gasteiger partial charge in [0.25, 0.3) is 0 Å². The van der Waals surface area contributed by atoms with Crippen LogP contribution in [0, 0.1) is 0 Å². The van der Waals surface area contributed by atoms with Crippen LogP contribution < -0.4 is 10.5 Å². The minimum atomic E-state index is 0.225. The average molecular weight is 277 g/mol. The molecule has 3 rings (SSSR count). The molecule has 5 nitrogen and oxygen atoms in total. The van der Waals surface area contributed by atoms with E-state index in [1.807, 2.05) is 12.3 Å². The lowest BCUT2D eigenvalue weighted by atomic mass is 10.0. The fourth-order valence-corrected chi connectivity index (χ4v) is 3.52. The van der Waals surface area contributed by atoms with Crippen LogP contribution in [-0.2, 0) is 4.74 Å². The molecule has 1 aliphatic carbocycles. The molecule has 0 amide bonds. The zero-order valence-corrected chi connectivity index (χ0v) is 12.0. The fourth-order valence-electron chi connectivity index (χ4n) is 3.52. The number of hydrogen-bond donors (Lipinski definition) is 1. The Morgan fingerprint density at radius 2 is 2.40 bits per heavy atom. The molecule has 3 atom stereocenters. The van der Waals surface area contributed by atoms with Gasteiger partial charge in [-0.2, -0.15) is 0 Å². The van der Waals surface area contributed by atoms with Gasteiger partial charge in [0.2, 0.25) is 5.88 Å². The van der Waals surface area contributed by atoms with Crippen LogP contribution in [-0.4, -0.2) is 48.8 Å². The third-order valence-corrected chi connectivity index (χ3v) is 4.50. The van der Waals surface area contributed by atoms with Gasteiger partial charge in [0, 0.05) is 37.4 Å². The Bertz CT molecular complexity index is 437. The predicted octanol–water partition coefficient (Wildman–Crippen LogP) is 1.34. The Balaban J connectivity index is 1.80. The summed E-state index contributed by atoms with van der Waals surface area (Å²) < 4.78 is 11.0. The zero-order valence-electron chi connectivity index (χ0n) is 12.0. The van der Waals surface area contributed by atoms with E-state index < -0.39 is 0 Å². The molecule has 2 heterocycles. The second kappa shape index (κ2) is 6.08. The number of nitrogens with zero attached hydrogens (tertiary/aromatic N) is 2. The molecule has 0 radical (unpaired) electrons. The van der Waals surface area contributed by atoms with E-state index in [4.69, 9.17) is 15.2 Å². The summed E-state index contributed by atoms with van der Waals surface area (Å²) in [5.74, 6) is 0.644. The summed E-state index contributed by atoms with van der Waals surface area (Å²) in [6.07, 6.45) is 5.92. The van der Waals surface area contributed by atoms with E-state index in [0.29, 0.717) is 24.6 Å². The lowest BCUT2D eigenvalue weighted by Crippen LogP contribution is -2.51. The summed E-state index contributed by atoms with van der Waals surface area (Å²) in [5, 5.41) is 0. The summed E-state index contributed by atoms with van der Waals surface area (Å²) in [6, 6.07) is 4.72. The summed E-state index contributed by atoms with van der Waals surface area (Å²) >= 11 is 0. The largest absolute Gasteiger partial charge is 0.481 e. The predicted molar refractivity (Wildman–Crippen MR) is 76.7 cm³/mol. The van der Waals surface area contributed by atoms with Crippen molar-refractivity contribution >= 4 is 0 Å². The zero-order chi connectivity index (χ0) is 13.9. The molecule has 1 aromatic rings. The number of methoxy groups -OCH3 is 1. The molecular formula is C15H23N3O2. The first-order chi connectivity index (χ1) is 9.83. The van der Waals surface area contributed by atoms with Gasteiger partial charge in [0.1, 0.15) is 0 Å². The van der Waals surface area contributed by atoms with Crippen LogP contribution in [0.4, 0.5) is 0 Å². The van der Waals surface area contributed by atoms with E-state index in [9.17, 15) is 0 Å². The highest BCUT2D eigenvalue weighted by Gasteiger charge is 2.39. The minimum absolute atomic E-state index is 0.225. The maximum atomic E-state index is 6.05. The Morgan fingerprint density at radius 1 is 1.50 bits per heavy atom. The first-order valence-electron chi connectivity index (χ1n) is 7.41. The lowest BCUT2D eigenvalue weighted by Gasteiger charge is -2.42. The minimum Gasteiger partial charge on any atom is -0.481 e. The third kappa shape index (κ3) is 2.53. The molecule has 3 unspecified atom stereocenters. The van der Waals surface area contributed by atoms with E-state index in [0.717, 1.165) is 13.2 Å². The molecule has 2 N–H and O–H groups in total. The first kappa shape index (κ1) is 13.8. The van der Waals surface area contributed by atoms with Crippen molar-refractivity contribution in [2.75, 3.05) is 26.8 Å². The van der Waals surface area contributed by atoms with Gasteiger partial charge < -0.3 is 15.2 Å². The van der Waals surface area contributed by atoms with Gasteiger partial charge in [-0.25, -0.2) is 4.98 Å². The van der Waals surface area contributed by atoms with Crippen molar-refractivity contribution in [2.45, 2.75) is 37.5 Å². The van der Waals surface area contributed by atoms with E-state index in [1.165, 1.54) is 24.8 Å². The van der Waals surface area contributed by atoms with Crippen molar-refractivity contribution in [3.63, 3.8) is 0 Å². The molecule has 20 heavy (non-hydrogen) atoms. The number of pyridine rings is 1. The molecule has 2 fully saturated rings. The van der Waals surface area contributed by atoms with Crippen LogP contribution in [0.5, 0.6) is 5.88 Å². The summed E-state index contributed by atoms with van der Waals surface area (Å²) in [4.78, 5) is 6.83. The maximum absolute atomic E-state index is 6.05. The molecule has 1 aromatic heterocycles. The van der Waals surface area contributed by atoms with Gasteiger partial charge >= 0.3 is 0 Å². The van der Waals surface area contributed by atoms with Crippen LogP contribution in [0.1, 0.15) is 30.9 Å². The quantitative estimate of drug-likeness (QED) is 0.900. The normalized spacial score (nSPS) is 28.1. The highest BCUT2D eigenvalue weighted by Crippen LogP contribution is 2.34. The van der Waals surface area contributed by atoms with Crippen LogP contribution in [0.2, 0.25) is 0 Å². The Labute approximate surface area is 120 Å². The number of nitrogens with two attached hydrogens (primary N) is 1. The average Bonchev–Trinajstić information content (AvgIpc) is 2.98. The molecule has 2 aliphatic rings. The van der Waals surface area contributed by atoms with E-state index in [1.54, 1.807) is 7.11 Å². The second-order valence-corrected chi connectivity index (χ2v) is 5.53. The van der Waals surface area contributed by atoms with Gasteiger partial charge in [0.15, 0.2) is 0 Å². The number of ether oxygens (including phenoxy) is 2. The van der Waals surface area contributed by atoms with E-state index in [2.05, 4.69) is 16.0 Å². The number of hydrogen-bond acceptors (Lipinski definition) is 5. The van der Waals surface area contributed by atoms with Crippen LogP contribution >= 0.6 is 0 Å². The molecule has 1 aliphatic heterocycles. The summed E-state index contributed by atoms with van der Waals surface area (Å²) in [7, 11) is 1.63. The molecule has 0 bridgehead atoms. The standard InChI is InChI=1S/C15H23N3O2/c1-19-15-6-5-11(10-17-15)13(9-16)18-7-8-20-14-4-2-3-12(14)18/h5-6,10,12-14H,2-4,7-9,16H2,1H3. The monoisotopic (exact) mass is 277 g/mol. The van der Waals surface area contributed by atoms with Crippen molar-refractivity contribution < 1.29 is 9.47 Å². The van der Waals surface area contributed by atoms with Gasteiger partial charge in [-0.1, -0.05) is 6.07 Å². The molecule has 110 valence electrons. The molecule has 0 aromatic carbocycles. The van der Waals surface area contributed by atoms with Crippen LogP contribution in [0.25, 0.3) is 0 Å². The van der Waals surface area contributed by atoms with Gasteiger partial charge in [-0.05, 0) is 24.8 Å². The maximum Gasteiger partial charge on any atom is 0.212 e. The summed E-state index contributed by atoms with van der Waals surface area (Å²) in [6.45, 7) is 2.37. The Morgan fingerprint density at radius 3 is 3.10 bits per heavy atom. The lowest BCUT2D eigenvalue weighted by molar-refractivity contribution is -0.0711. The molecule has 0 spiro atoms. The number of morpholine rings is 1. The third-order valence-electron chi connectivity index (χ3n) is 4.50. The van der Waals surface area contributed by atoms with Crippen molar-refractivity contribution in [1.29, 1.82) is 0 Å². The van der Waals surface area contributed by atoms with Crippen molar-refractivity contribution in [2.24, 2.45) is 5.73 Å². The number of aromatic nitrogens is 1. The van der Waals surface area contributed by atoms with Crippen molar-refractivity contribution in [3.8, 4) is 5.88 Å². The second-order valence-electron chi connectivity index (χ2n) is 5.53. The first-order valence-corrected chi connectivity index (χ1v) is 7.41. The highest BCUT2D eigenvalue weighted by molar-refractivity contribution is 5.22. The SMILES string of the molecule is COc1ccc(C(CN)N2CCOC3CCCC32)cn1. The van der Waals surface area contributed by atoms with Crippen LogP contribution in [0.3, 0.4) is 0 Å². The Hall–Kier alpha value is -1.17. The van der Waals surface area contributed by atoms with E-state index in [-0.39, 0.29) is 6.04 Å². The topological polar surface area (TPSA) is 60.6 Å². The number of fused-ring (bicyclic) bond motifs is 1. The molecule has 1 saturated heterocycles. The molecule has 5 heteroatoms. The van der Waals surface area contributed by atoms with Crippen LogP contribution in [0.15, 0.2) is 18.3 Å². The molecular weight excluding hydrogens is 254 g/mol. The van der Waals surface area contributed by atoms with Gasteiger partial charge in [0.05, 0.1) is 19.8 Å². The smallest absolute Gasteiger partial charge is 0.212 e. The van der Waals surface area contributed by atoms with Crippen molar-refractivity contribution in [3.05, 3.63) is 23.9 Å². The Kier molecular flexibility index (Phi) is 4.19. The fraction of sp³-hybridized carbons (Fsp3) is 0.667. The highest BCUT2D eigenvalue weighted by atomic mass is 16.5. The molecule has 1 saturated carbocycles. The van der Waals surface area contributed by atoms with E-state index >= 15 is 0 Å². The van der Waals surface area contributed by atoms with Gasteiger partial charge in [-0.15, -0.1) is 0 Å². The number of rotatable bonds is 4. The van der Waals surface area contributed by atoms with Crippen molar-refractivity contribution in [1.82, 2.24) is 9.88 Å². The summed E-state index contributed by atoms with van der Waals surface area (Å²) in [5.41, 5.74) is 7.21. The van der Waals surface area contributed by atoms with Gasteiger partial charge in [-0.3, -0.25) is 4.90 Å².